The molecule has 0 saturated carbocycles. The lowest BCUT2D eigenvalue weighted by Crippen LogP contribution is -2.29. The molecule has 0 fully saturated rings. The fraction of sp³-hybridized carbons (Fsp3) is 0.0800. The van der Waals surface area contributed by atoms with Crippen molar-refractivity contribution in [3.8, 4) is 11.8 Å². The molecule has 2 heteroatoms. The lowest BCUT2D eigenvalue weighted by atomic mass is 10.2. The molecule has 3 aromatic carbocycles. The van der Waals surface area contributed by atoms with E-state index in [0.29, 0.717) is 13.1 Å². The molecule has 132 valence electrons. The molecule has 0 aromatic heterocycles. The first-order chi connectivity index (χ1) is 13.3. The SMILES string of the molecule is O=C(/C=C/c1ccccc1)N(CC#Cc1ccccc1)Cc1ccccc1. The molecule has 0 aliphatic carbocycles. The van der Waals surface area contributed by atoms with Crippen LogP contribution in [0.4, 0.5) is 0 Å². The number of hydrogen-bond donors (Lipinski definition) is 0. The van der Waals surface area contributed by atoms with Gasteiger partial charge in [-0.25, -0.2) is 0 Å². The molecule has 1 amide bonds. The lowest BCUT2D eigenvalue weighted by molar-refractivity contribution is -0.125. The van der Waals surface area contributed by atoms with E-state index in [1.165, 1.54) is 0 Å². The maximum Gasteiger partial charge on any atom is 0.247 e. The van der Waals surface area contributed by atoms with E-state index in [-0.39, 0.29) is 5.91 Å². The summed E-state index contributed by atoms with van der Waals surface area (Å²) in [6.45, 7) is 0.907. The van der Waals surface area contributed by atoms with Crippen LogP contribution in [0, 0.1) is 11.8 Å². The monoisotopic (exact) mass is 351 g/mol. The third kappa shape index (κ3) is 6.02. The van der Waals surface area contributed by atoms with Crippen LogP contribution in [0.2, 0.25) is 0 Å². The fourth-order valence-corrected chi connectivity index (χ4v) is 2.61. The molecule has 0 heterocycles. The predicted molar refractivity (Wildman–Crippen MR) is 111 cm³/mol. The van der Waals surface area contributed by atoms with E-state index in [1.807, 2.05) is 97.1 Å². The van der Waals surface area contributed by atoms with Gasteiger partial charge in [-0.05, 0) is 29.3 Å². The molecule has 0 spiro atoms. The Morgan fingerprint density at radius 2 is 1.41 bits per heavy atom. The zero-order chi connectivity index (χ0) is 18.7. The fourth-order valence-electron chi connectivity index (χ4n) is 2.61. The van der Waals surface area contributed by atoms with Gasteiger partial charge in [-0.15, -0.1) is 0 Å². The molecular weight excluding hydrogens is 330 g/mol. The highest BCUT2D eigenvalue weighted by molar-refractivity contribution is 5.91. The van der Waals surface area contributed by atoms with Gasteiger partial charge in [0.15, 0.2) is 0 Å². The molecule has 3 rings (SSSR count). The molecule has 27 heavy (non-hydrogen) atoms. The summed E-state index contributed by atoms with van der Waals surface area (Å²) in [5.41, 5.74) is 3.03. The van der Waals surface area contributed by atoms with E-state index >= 15 is 0 Å². The molecule has 0 N–H and O–H groups in total. The Morgan fingerprint density at radius 1 is 0.815 bits per heavy atom. The molecule has 0 aliphatic rings. The van der Waals surface area contributed by atoms with Gasteiger partial charge in [0, 0.05) is 18.2 Å². The second-order valence-corrected chi connectivity index (χ2v) is 6.09. The summed E-state index contributed by atoms with van der Waals surface area (Å²) < 4.78 is 0. The van der Waals surface area contributed by atoms with Crippen LogP contribution in [-0.4, -0.2) is 17.4 Å². The average molecular weight is 351 g/mol. The predicted octanol–water partition coefficient (Wildman–Crippen LogP) is 4.78. The molecule has 0 aliphatic heterocycles. The number of amides is 1. The van der Waals surface area contributed by atoms with Crippen LogP contribution in [-0.2, 0) is 11.3 Å². The van der Waals surface area contributed by atoms with Crippen LogP contribution in [0.15, 0.2) is 97.1 Å². The minimum atomic E-state index is -0.0509. The first-order valence-electron chi connectivity index (χ1n) is 8.91. The molecule has 0 radical (unpaired) electrons. The number of hydrogen-bond acceptors (Lipinski definition) is 1. The number of benzene rings is 3. The van der Waals surface area contributed by atoms with E-state index in [2.05, 4.69) is 11.8 Å². The molecule has 0 unspecified atom stereocenters. The molecule has 3 aromatic rings. The second-order valence-electron chi connectivity index (χ2n) is 6.09. The Balaban J connectivity index is 1.73. The van der Waals surface area contributed by atoms with Crippen LogP contribution in [0.3, 0.4) is 0 Å². The normalized spacial score (nSPS) is 10.2. The third-order valence-corrected chi connectivity index (χ3v) is 4.02. The molecule has 0 atom stereocenters. The smallest absolute Gasteiger partial charge is 0.247 e. The number of carbonyl (C=O) groups excluding carboxylic acids is 1. The van der Waals surface area contributed by atoms with Gasteiger partial charge in [0.05, 0.1) is 6.54 Å². The van der Waals surface area contributed by atoms with Crippen molar-refractivity contribution < 1.29 is 4.79 Å². The van der Waals surface area contributed by atoms with Gasteiger partial charge in [0.1, 0.15) is 0 Å². The topological polar surface area (TPSA) is 20.3 Å². The van der Waals surface area contributed by atoms with E-state index in [0.717, 1.165) is 16.7 Å². The minimum Gasteiger partial charge on any atom is -0.324 e. The van der Waals surface area contributed by atoms with Crippen LogP contribution in [0.1, 0.15) is 16.7 Å². The summed E-state index contributed by atoms with van der Waals surface area (Å²) in [7, 11) is 0. The quantitative estimate of drug-likeness (QED) is 0.478. The number of carbonyl (C=O) groups is 1. The standard InChI is InChI=1S/C25H21NO/c27-25(19-18-23-13-6-2-7-14-23)26(21-24-15-8-3-9-16-24)20-10-17-22-11-4-1-5-12-22/h1-9,11-16,18-19H,20-21H2/b19-18+. The van der Waals surface area contributed by atoms with E-state index in [4.69, 9.17) is 0 Å². The Morgan fingerprint density at radius 3 is 2.07 bits per heavy atom. The Labute approximate surface area is 160 Å². The molecular formula is C25H21NO. The van der Waals surface area contributed by atoms with Crippen molar-refractivity contribution in [1.82, 2.24) is 4.90 Å². The zero-order valence-electron chi connectivity index (χ0n) is 15.1. The largest absolute Gasteiger partial charge is 0.324 e. The summed E-state index contributed by atoms with van der Waals surface area (Å²) in [6, 6.07) is 29.6. The highest BCUT2D eigenvalue weighted by Gasteiger charge is 2.10. The minimum absolute atomic E-state index is 0.0509. The van der Waals surface area contributed by atoms with Crippen LogP contribution in [0.25, 0.3) is 6.08 Å². The molecule has 0 bridgehead atoms. The highest BCUT2D eigenvalue weighted by Crippen LogP contribution is 2.07. The van der Waals surface area contributed by atoms with E-state index in [9.17, 15) is 4.79 Å². The lowest BCUT2D eigenvalue weighted by Gasteiger charge is -2.18. The van der Waals surface area contributed by atoms with E-state index < -0.39 is 0 Å². The second kappa shape index (κ2) is 9.79. The van der Waals surface area contributed by atoms with Gasteiger partial charge < -0.3 is 4.90 Å². The Kier molecular flexibility index (Phi) is 6.61. The summed E-state index contributed by atoms with van der Waals surface area (Å²) in [5.74, 6) is 6.19. The number of nitrogens with zero attached hydrogens (tertiary/aromatic N) is 1. The molecule has 0 saturated heterocycles. The van der Waals surface area contributed by atoms with Crippen LogP contribution >= 0.6 is 0 Å². The van der Waals surface area contributed by atoms with Gasteiger partial charge in [-0.2, -0.15) is 0 Å². The molecule has 2 nitrogen and oxygen atoms in total. The van der Waals surface area contributed by atoms with Crippen molar-refractivity contribution in [3.05, 3.63) is 114 Å². The summed E-state index contributed by atoms with van der Waals surface area (Å²) >= 11 is 0. The van der Waals surface area contributed by atoms with Crippen LogP contribution in [0.5, 0.6) is 0 Å². The first kappa shape index (κ1) is 18.2. The van der Waals surface area contributed by atoms with Gasteiger partial charge in [0.2, 0.25) is 5.91 Å². The van der Waals surface area contributed by atoms with Crippen molar-refractivity contribution in [1.29, 1.82) is 0 Å². The first-order valence-corrected chi connectivity index (χ1v) is 8.91. The van der Waals surface area contributed by atoms with Gasteiger partial charge in [0.25, 0.3) is 0 Å². The van der Waals surface area contributed by atoms with E-state index in [1.54, 1.807) is 11.0 Å². The van der Waals surface area contributed by atoms with Gasteiger partial charge in [-0.3, -0.25) is 4.79 Å². The maximum absolute atomic E-state index is 12.7. The Bertz CT molecular complexity index is 935. The number of rotatable bonds is 5. The maximum atomic E-state index is 12.7. The van der Waals surface area contributed by atoms with Gasteiger partial charge in [-0.1, -0.05) is 90.7 Å². The average Bonchev–Trinajstić information content (AvgIpc) is 2.73. The van der Waals surface area contributed by atoms with Crippen molar-refractivity contribution in [2.24, 2.45) is 0 Å². The van der Waals surface area contributed by atoms with Crippen molar-refractivity contribution in [2.45, 2.75) is 6.54 Å². The summed E-state index contributed by atoms with van der Waals surface area (Å²) in [6.07, 6.45) is 3.45. The third-order valence-electron chi connectivity index (χ3n) is 4.02. The van der Waals surface area contributed by atoms with Crippen molar-refractivity contribution in [3.63, 3.8) is 0 Å². The Hall–Kier alpha value is -3.57. The zero-order valence-corrected chi connectivity index (χ0v) is 15.1. The van der Waals surface area contributed by atoms with Crippen LogP contribution < -0.4 is 0 Å². The highest BCUT2D eigenvalue weighted by atomic mass is 16.2. The van der Waals surface area contributed by atoms with Crippen molar-refractivity contribution >= 4 is 12.0 Å². The van der Waals surface area contributed by atoms with Crippen molar-refractivity contribution in [2.75, 3.05) is 6.54 Å². The van der Waals surface area contributed by atoms with Gasteiger partial charge >= 0.3 is 0 Å². The summed E-state index contributed by atoms with van der Waals surface area (Å²) in [4.78, 5) is 14.5. The summed E-state index contributed by atoms with van der Waals surface area (Å²) in [5, 5.41) is 0.